The van der Waals surface area contributed by atoms with E-state index < -0.39 is 0 Å². The molecule has 6 heteroatoms. The number of rotatable bonds is 3. The van der Waals surface area contributed by atoms with Crippen LogP contribution in [0.3, 0.4) is 0 Å². The van der Waals surface area contributed by atoms with Gasteiger partial charge in [-0.15, -0.1) is 11.3 Å². The second kappa shape index (κ2) is 5.88. The maximum atomic E-state index is 13.6. The molecule has 1 N–H and O–H groups in total. The van der Waals surface area contributed by atoms with Crippen molar-refractivity contribution in [2.24, 2.45) is 0 Å². The summed E-state index contributed by atoms with van der Waals surface area (Å²) in [6.45, 7) is 0. The van der Waals surface area contributed by atoms with Crippen LogP contribution in [0.2, 0.25) is 8.67 Å². The zero-order chi connectivity index (χ0) is 13.3. The molecular formula is C12H9BrCl2FNS. The van der Waals surface area contributed by atoms with E-state index in [-0.39, 0.29) is 11.9 Å². The van der Waals surface area contributed by atoms with Crippen molar-refractivity contribution in [2.75, 3.05) is 7.05 Å². The van der Waals surface area contributed by atoms with Crippen LogP contribution in [0.5, 0.6) is 0 Å². The molecule has 1 atom stereocenters. The molecular weight excluding hydrogens is 360 g/mol. The Kier molecular flexibility index (Phi) is 4.67. The van der Waals surface area contributed by atoms with Crippen LogP contribution in [0.4, 0.5) is 4.39 Å². The Balaban J connectivity index is 2.52. The third kappa shape index (κ3) is 2.73. The normalized spacial score (nSPS) is 12.7. The van der Waals surface area contributed by atoms with Crippen molar-refractivity contribution in [1.82, 2.24) is 5.32 Å². The molecule has 0 spiro atoms. The molecule has 18 heavy (non-hydrogen) atoms. The second-order valence-electron chi connectivity index (χ2n) is 3.64. The molecule has 1 aromatic heterocycles. The molecule has 1 heterocycles. The summed E-state index contributed by atoms with van der Waals surface area (Å²) in [6.07, 6.45) is 0. The van der Waals surface area contributed by atoms with Gasteiger partial charge in [0.15, 0.2) is 0 Å². The molecule has 0 radical (unpaired) electrons. The first-order valence-electron chi connectivity index (χ1n) is 5.10. The molecule has 0 bridgehead atoms. The van der Waals surface area contributed by atoms with E-state index in [9.17, 15) is 4.39 Å². The molecule has 0 aliphatic carbocycles. The minimum Gasteiger partial charge on any atom is -0.309 e. The number of hydrogen-bond donors (Lipinski definition) is 1. The molecule has 96 valence electrons. The Labute approximate surface area is 127 Å². The molecule has 1 aromatic carbocycles. The lowest BCUT2D eigenvalue weighted by atomic mass is 10.0. The van der Waals surface area contributed by atoms with Gasteiger partial charge in [0, 0.05) is 5.56 Å². The van der Waals surface area contributed by atoms with Crippen molar-refractivity contribution in [3.63, 3.8) is 0 Å². The molecule has 2 rings (SSSR count). The average Bonchev–Trinajstić information content (AvgIpc) is 2.65. The van der Waals surface area contributed by atoms with Crippen molar-refractivity contribution in [1.29, 1.82) is 0 Å². The van der Waals surface area contributed by atoms with E-state index >= 15 is 0 Å². The van der Waals surface area contributed by atoms with E-state index in [2.05, 4.69) is 21.2 Å². The van der Waals surface area contributed by atoms with Crippen molar-refractivity contribution in [3.8, 4) is 0 Å². The lowest BCUT2D eigenvalue weighted by Crippen LogP contribution is -2.18. The number of benzene rings is 1. The van der Waals surface area contributed by atoms with E-state index in [1.165, 1.54) is 17.4 Å². The van der Waals surface area contributed by atoms with Crippen molar-refractivity contribution in [2.45, 2.75) is 6.04 Å². The third-order valence-electron chi connectivity index (χ3n) is 2.58. The largest absolute Gasteiger partial charge is 0.309 e. The Hall–Kier alpha value is -0.130. The Morgan fingerprint density at radius 1 is 1.33 bits per heavy atom. The highest BCUT2D eigenvalue weighted by Gasteiger charge is 2.21. The van der Waals surface area contributed by atoms with Gasteiger partial charge in [-0.05, 0) is 40.7 Å². The predicted molar refractivity (Wildman–Crippen MR) is 79.3 cm³/mol. The summed E-state index contributed by atoms with van der Waals surface area (Å²) < 4.78 is 15.2. The van der Waals surface area contributed by atoms with E-state index in [4.69, 9.17) is 23.2 Å². The zero-order valence-corrected chi connectivity index (χ0v) is 13.2. The van der Waals surface area contributed by atoms with E-state index in [1.54, 1.807) is 19.2 Å². The first-order valence-corrected chi connectivity index (χ1v) is 7.47. The monoisotopic (exact) mass is 367 g/mol. The highest BCUT2D eigenvalue weighted by Crippen LogP contribution is 2.39. The van der Waals surface area contributed by atoms with Gasteiger partial charge < -0.3 is 5.32 Å². The quantitative estimate of drug-likeness (QED) is 0.778. The smallest absolute Gasteiger partial charge is 0.137 e. The molecule has 0 aliphatic heterocycles. The van der Waals surface area contributed by atoms with E-state index in [1.807, 2.05) is 6.07 Å². The Bertz CT molecular complexity index is 573. The van der Waals surface area contributed by atoms with Crippen LogP contribution < -0.4 is 5.32 Å². The number of nitrogens with one attached hydrogen (secondary N) is 1. The lowest BCUT2D eigenvalue weighted by molar-refractivity contribution is 0.608. The maximum Gasteiger partial charge on any atom is 0.137 e. The van der Waals surface area contributed by atoms with Gasteiger partial charge in [0.2, 0.25) is 0 Å². The Morgan fingerprint density at radius 2 is 2.06 bits per heavy atom. The third-order valence-corrected chi connectivity index (χ3v) is 4.93. The van der Waals surface area contributed by atoms with Gasteiger partial charge in [-0.1, -0.05) is 35.3 Å². The van der Waals surface area contributed by atoms with Gasteiger partial charge in [0.1, 0.15) is 5.82 Å². The van der Waals surface area contributed by atoms with Crippen LogP contribution in [0.25, 0.3) is 0 Å². The Morgan fingerprint density at radius 3 is 2.61 bits per heavy atom. The highest BCUT2D eigenvalue weighted by molar-refractivity contribution is 9.10. The summed E-state index contributed by atoms with van der Waals surface area (Å²) in [4.78, 5) is 0. The lowest BCUT2D eigenvalue weighted by Gasteiger charge is -2.18. The second-order valence-corrected chi connectivity index (χ2v) is 6.72. The molecule has 0 amide bonds. The van der Waals surface area contributed by atoms with E-state index in [0.717, 1.165) is 11.1 Å². The van der Waals surface area contributed by atoms with Crippen LogP contribution >= 0.6 is 50.5 Å². The van der Waals surface area contributed by atoms with Crippen molar-refractivity contribution in [3.05, 3.63) is 54.4 Å². The standard InChI is InChI=1S/C12H9BrCl2FNS/c1-17-11(7-5-9(14)18-12(7)15)6-3-2-4-8(16)10(6)13/h2-5,11,17H,1H3. The molecule has 1 nitrogen and oxygen atoms in total. The van der Waals surface area contributed by atoms with Crippen molar-refractivity contribution >= 4 is 50.5 Å². The van der Waals surface area contributed by atoms with Gasteiger partial charge in [-0.2, -0.15) is 0 Å². The first kappa shape index (κ1) is 14.3. The summed E-state index contributed by atoms with van der Waals surface area (Å²) in [5.41, 5.74) is 1.63. The molecule has 0 saturated heterocycles. The molecule has 0 saturated carbocycles. The highest BCUT2D eigenvalue weighted by atomic mass is 79.9. The van der Waals surface area contributed by atoms with Crippen LogP contribution in [0.1, 0.15) is 17.2 Å². The maximum absolute atomic E-state index is 13.6. The van der Waals surface area contributed by atoms with Crippen molar-refractivity contribution < 1.29 is 4.39 Å². The van der Waals surface area contributed by atoms with Gasteiger partial charge in [-0.3, -0.25) is 0 Å². The summed E-state index contributed by atoms with van der Waals surface area (Å²) in [5.74, 6) is -0.301. The molecule has 1 unspecified atom stereocenters. The summed E-state index contributed by atoms with van der Waals surface area (Å²) in [6, 6.07) is 6.51. The topological polar surface area (TPSA) is 12.0 Å². The average molecular weight is 369 g/mol. The molecule has 0 fully saturated rings. The summed E-state index contributed by atoms with van der Waals surface area (Å²) in [7, 11) is 1.80. The van der Waals surface area contributed by atoms with Gasteiger partial charge in [0.05, 0.1) is 19.2 Å². The summed E-state index contributed by atoms with van der Waals surface area (Å²) in [5, 5.41) is 3.12. The van der Waals surface area contributed by atoms with Crippen LogP contribution in [-0.4, -0.2) is 7.05 Å². The first-order chi connectivity index (χ1) is 8.54. The SMILES string of the molecule is CNC(c1cc(Cl)sc1Cl)c1cccc(F)c1Br. The zero-order valence-electron chi connectivity index (χ0n) is 9.31. The minimum absolute atomic E-state index is 0.202. The number of hydrogen-bond acceptors (Lipinski definition) is 2. The molecule has 2 aromatic rings. The van der Waals surface area contributed by atoms with Gasteiger partial charge in [0.25, 0.3) is 0 Å². The van der Waals surface area contributed by atoms with Crippen LogP contribution in [0.15, 0.2) is 28.7 Å². The minimum atomic E-state index is -0.301. The number of thiophene rings is 1. The fraction of sp³-hybridized carbons (Fsp3) is 0.167. The van der Waals surface area contributed by atoms with E-state index in [0.29, 0.717) is 13.1 Å². The predicted octanol–water partition coefficient (Wildman–Crippen LogP) is 5.27. The molecule has 0 aliphatic rings. The van der Waals surface area contributed by atoms with Gasteiger partial charge >= 0.3 is 0 Å². The summed E-state index contributed by atoms with van der Waals surface area (Å²) >= 11 is 16.7. The fourth-order valence-corrected chi connectivity index (χ4v) is 3.80. The van der Waals surface area contributed by atoms with Gasteiger partial charge in [-0.25, -0.2) is 4.39 Å². The van der Waals surface area contributed by atoms with Crippen LogP contribution in [-0.2, 0) is 0 Å². The number of halogens is 4. The van der Waals surface area contributed by atoms with Crippen LogP contribution in [0, 0.1) is 5.82 Å². The fourth-order valence-electron chi connectivity index (χ4n) is 1.77.